The molecule has 2 rings (SSSR count). The molecule has 0 heterocycles. The molecule has 0 radical (unpaired) electrons. The van der Waals surface area contributed by atoms with Gasteiger partial charge in [-0.15, -0.1) is 0 Å². The third-order valence-electron chi connectivity index (χ3n) is 4.77. The quantitative estimate of drug-likeness (QED) is 0.336. The Balaban J connectivity index is 1.90. The Labute approximate surface area is 149 Å². The van der Waals surface area contributed by atoms with Crippen molar-refractivity contribution < 1.29 is 19.8 Å². The largest absolute Gasteiger partial charge is 0.481 e. The number of allylic oxidation sites excluding steroid dienone is 5. The zero-order valence-electron chi connectivity index (χ0n) is 14.5. The number of unbranched alkanes of at least 4 members (excludes halogenated alkanes) is 1. The van der Waals surface area contributed by atoms with Gasteiger partial charge < -0.3 is 10.2 Å². The maximum absolute atomic E-state index is 11.9. The minimum Gasteiger partial charge on any atom is -0.481 e. The molecule has 2 atom stereocenters. The van der Waals surface area contributed by atoms with Crippen LogP contribution in [-0.4, -0.2) is 28.1 Å². The summed E-state index contributed by atoms with van der Waals surface area (Å²) in [6.07, 6.45) is 15.1. The van der Waals surface area contributed by atoms with Gasteiger partial charge in [0, 0.05) is 24.3 Å². The van der Waals surface area contributed by atoms with E-state index >= 15 is 0 Å². The molecular formula is C21H26O4. The minimum atomic E-state index is -0.822. The molecule has 1 saturated carbocycles. The van der Waals surface area contributed by atoms with E-state index < -0.39 is 12.1 Å². The highest BCUT2D eigenvalue weighted by atomic mass is 16.4. The number of hydrogen-bond acceptors (Lipinski definition) is 3. The normalized spacial score (nSPS) is 23.8. The molecule has 0 aromatic carbocycles. The molecule has 2 N–H and O–H groups in total. The second-order valence-corrected chi connectivity index (χ2v) is 6.69. The second kappa shape index (κ2) is 10.0. The number of aliphatic hydroxyl groups is 1. The summed E-state index contributed by atoms with van der Waals surface area (Å²) in [5, 5.41) is 18.9. The van der Waals surface area contributed by atoms with Gasteiger partial charge in [-0.2, -0.15) is 0 Å². The summed E-state index contributed by atoms with van der Waals surface area (Å²) in [4.78, 5) is 22.4. The van der Waals surface area contributed by atoms with Crippen molar-refractivity contribution in [2.45, 2.75) is 57.5 Å². The zero-order chi connectivity index (χ0) is 18.1. The third kappa shape index (κ3) is 6.36. The Kier molecular flexibility index (Phi) is 7.69. The zero-order valence-corrected chi connectivity index (χ0v) is 14.5. The first-order valence-electron chi connectivity index (χ1n) is 9.07. The third-order valence-corrected chi connectivity index (χ3v) is 4.77. The van der Waals surface area contributed by atoms with Crippen LogP contribution in [0.15, 0.2) is 36.0 Å². The molecule has 4 nitrogen and oxygen atoms in total. The number of carboxylic acids is 1. The summed E-state index contributed by atoms with van der Waals surface area (Å²) < 4.78 is 0. The average Bonchev–Trinajstić information content (AvgIpc) is 2.96. The summed E-state index contributed by atoms with van der Waals surface area (Å²) >= 11 is 0. The highest BCUT2D eigenvalue weighted by Gasteiger charge is 2.23. The van der Waals surface area contributed by atoms with Gasteiger partial charge in [-0.1, -0.05) is 49.3 Å². The molecule has 0 saturated heterocycles. The van der Waals surface area contributed by atoms with Crippen molar-refractivity contribution >= 4 is 11.8 Å². The highest BCUT2D eigenvalue weighted by molar-refractivity contribution is 6.07. The van der Waals surface area contributed by atoms with Crippen LogP contribution in [0.25, 0.3) is 0 Å². The molecule has 2 aliphatic rings. The molecule has 0 aromatic heterocycles. The number of carbonyl (C=O) groups excluding carboxylic acids is 1. The lowest BCUT2D eigenvalue weighted by Gasteiger charge is -2.24. The predicted molar refractivity (Wildman–Crippen MR) is 96.7 cm³/mol. The molecule has 0 aromatic rings. The van der Waals surface area contributed by atoms with Crippen molar-refractivity contribution in [3.8, 4) is 11.8 Å². The number of hydrogen-bond donors (Lipinski definition) is 2. The van der Waals surface area contributed by atoms with Crippen LogP contribution in [0.3, 0.4) is 0 Å². The Morgan fingerprint density at radius 3 is 2.80 bits per heavy atom. The Hall–Kier alpha value is -2.12. The van der Waals surface area contributed by atoms with Crippen molar-refractivity contribution in [1.82, 2.24) is 0 Å². The Bertz CT molecular complexity index is 624. The standard InChI is InChI=1S/C21H26O4/c22-19(17-8-4-3-5-9-17)14-12-16-13-15-20(23)18(16)10-6-1-2-7-11-21(24)25/h10,12-17,19,22H,2-5,7-9,11H2,(H,24,25). The van der Waals surface area contributed by atoms with Gasteiger partial charge in [0.1, 0.15) is 0 Å². The summed E-state index contributed by atoms with van der Waals surface area (Å²) in [6.45, 7) is 0. The number of aliphatic carboxylic acids is 1. The molecular weight excluding hydrogens is 316 g/mol. The predicted octanol–water partition coefficient (Wildman–Crippen LogP) is 3.42. The molecule has 2 unspecified atom stereocenters. The van der Waals surface area contributed by atoms with E-state index in [0.29, 0.717) is 24.3 Å². The SMILES string of the molecule is O=C(O)CCCC#CC=C1C(=O)C=CC1C=CC(O)C1CCCCC1. The Morgan fingerprint density at radius 2 is 2.08 bits per heavy atom. The van der Waals surface area contributed by atoms with E-state index in [4.69, 9.17) is 5.11 Å². The number of aliphatic hydroxyl groups excluding tert-OH is 1. The van der Waals surface area contributed by atoms with Crippen LogP contribution in [0.2, 0.25) is 0 Å². The smallest absolute Gasteiger partial charge is 0.303 e. The average molecular weight is 342 g/mol. The summed E-state index contributed by atoms with van der Waals surface area (Å²) in [5.74, 6) is 5.04. The van der Waals surface area contributed by atoms with E-state index in [-0.39, 0.29) is 18.1 Å². The van der Waals surface area contributed by atoms with E-state index in [1.165, 1.54) is 19.3 Å². The van der Waals surface area contributed by atoms with Gasteiger partial charge in [-0.3, -0.25) is 9.59 Å². The van der Waals surface area contributed by atoms with Gasteiger partial charge in [-0.05, 0) is 37.3 Å². The minimum absolute atomic E-state index is 0.0540. The fourth-order valence-electron chi connectivity index (χ4n) is 3.29. The molecule has 25 heavy (non-hydrogen) atoms. The van der Waals surface area contributed by atoms with E-state index in [1.807, 2.05) is 18.2 Å². The van der Waals surface area contributed by atoms with E-state index in [1.54, 1.807) is 12.2 Å². The first-order valence-corrected chi connectivity index (χ1v) is 9.07. The van der Waals surface area contributed by atoms with Crippen LogP contribution in [0.4, 0.5) is 0 Å². The van der Waals surface area contributed by atoms with Gasteiger partial charge in [0.2, 0.25) is 0 Å². The van der Waals surface area contributed by atoms with Crippen LogP contribution in [0.5, 0.6) is 0 Å². The van der Waals surface area contributed by atoms with Crippen molar-refractivity contribution in [2.24, 2.45) is 11.8 Å². The topological polar surface area (TPSA) is 74.6 Å². The van der Waals surface area contributed by atoms with Gasteiger partial charge in [0.05, 0.1) is 6.10 Å². The second-order valence-electron chi connectivity index (χ2n) is 6.69. The molecule has 1 fully saturated rings. The number of rotatable bonds is 6. The van der Waals surface area contributed by atoms with Crippen molar-refractivity contribution in [1.29, 1.82) is 0 Å². The molecule has 0 aliphatic heterocycles. The van der Waals surface area contributed by atoms with Gasteiger partial charge in [-0.25, -0.2) is 0 Å². The van der Waals surface area contributed by atoms with Crippen molar-refractivity contribution in [2.75, 3.05) is 0 Å². The highest BCUT2D eigenvalue weighted by Crippen LogP contribution is 2.28. The van der Waals surface area contributed by atoms with Crippen LogP contribution in [0, 0.1) is 23.7 Å². The lowest BCUT2D eigenvalue weighted by Crippen LogP contribution is -2.20. The van der Waals surface area contributed by atoms with E-state index in [2.05, 4.69) is 11.8 Å². The van der Waals surface area contributed by atoms with Gasteiger partial charge in [0.25, 0.3) is 0 Å². The van der Waals surface area contributed by atoms with Crippen LogP contribution in [-0.2, 0) is 9.59 Å². The lowest BCUT2D eigenvalue weighted by molar-refractivity contribution is -0.137. The molecule has 134 valence electrons. The molecule has 0 spiro atoms. The fraction of sp³-hybridized carbons (Fsp3) is 0.524. The van der Waals surface area contributed by atoms with E-state index in [9.17, 15) is 14.7 Å². The van der Waals surface area contributed by atoms with Gasteiger partial charge in [0.15, 0.2) is 5.78 Å². The molecule has 0 amide bonds. The monoisotopic (exact) mass is 342 g/mol. The Morgan fingerprint density at radius 1 is 1.32 bits per heavy atom. The first-order chi connectivity index (χ1) is 12.1. The van der Waals surface area contributed by atoms with Crippen LogP contribution < -0.4 is 0 Å². The van der Waals surface area contributed by atoms with Crippen LogP contribution in [0.1, 0.15) is 51.4 Å². The van der Waals surface area contributed by atoms with Crippen LogP contribution >= 0.6 is 0 Å². The molecule has 4 heteroatoms. The first kappa shape index (κ1) is 19.2. The molecule has 0 bridgehead atoms. The van der Waals surface area contributed by atoms with Crippen molar-refractivity contribution in [3.63, 3.8) is 0 Å². The number of ketones is 1. The van der Waals surface area contributed by atoms with E-state index in [0.717, 1.165) is 12.8 Å². The number of carbonyl (C=O) groups is 2. The maximum Gasteiger partial charge on any atom is 0.303 e. The molecule has 2 aliphatic carbocycles. The fourth-order valence-corrected chi connectivity index (χ4v) is 3.29. The number of carboxylic acid groups (broad SMARTS) is 1. The van der Waals surface area contributed by atoms with Crippen molar-refractivity contribution in [3.05, 3.63) is 36.0 Å². The summed E-state index contributed by atoms with van der Waals surface area (Å²) in [5.41, 5.74) is 0.609. The maximum atomic E-state index is 11.9. The lowest BCUT2D eigenvalue weighted by atomic mass is 9.85. The van der Waals surface area contributed by atoms with Gasteiger partial charge >= 0.3 is 5.97 Å². The summed E-state index contributed by atoms with van der Waals surface area (Å²) in [6, 6.07) is 0. The summed E-state index contributed by atoms with van der Waals surface area (Å²) in [7, 11) is 0.